The van der Waals surface area contributed by atoms with Crippen molar-refractivity contribution in [1.82, 2.24) is 5.32 Å². The van der Waals surface area contributed by atoms with Crippen molar-refractivity contribution in [3.8, 4) is 5.75 Å². The number of allylic oxidation sites excluding steroid dienone is 1. The molecule has 3 rings (SSSR count). The molecule has 0 saturated heterocycles. The lowest BCUT2D eigenvalue weighted by Gasteiger charge is -2.13. The van der Waals surface area contributed by atoms with E-state index >= 15 is 0 Å². The van der Waals surface area contributed by atoms with E-state index in [2.05, 4.69) is 24.4 Å². The number of benzene rings is 3. The monoisotopic (exact) mass is 433 g/mol. The average Bonchev–Trinajstić information content (AvgIpc) is 2.82. The number of ether oxygens (including phenoxy) is 1. The van der Waals surface area contributed by atoms with Crippen LogP contribution in [0.4, 0.5) is 4.39 Å². The van der Waals surface area contributed by atoms with Crippen LogP contribution in [0.5, 0.6) is 5.75 Å². The minimum absolute atomic E-state index is 0.108. The van der Waals surface area contributed by atoms with Crippen LogP contribution in [0.3, 0.4) is 0 Å². The third-order valence-electron chi connectivity index (χ3n) is 5.49. The molecule has 0 aliphatic carbocycles. The van der Waals surface area contributed by atoms with Gasteiger partial charge in [-0.2, -0.15) is 0 Å². The average molecular weight is 434 g/mol. The van der Waals surface area contributed by atoms with Gasteiger partial charge in [0.05, 0.1) is 5.57 Å². The van der Waals surface area contributed by atoms with Crippen LogP contribution >= 0.6 is 0 Å². The summed E-state index contributed by atoms with van der Waals surface area (Å²) in [5.41, 5.74) is 1.64. The first-order valence-electron chi connectivity index (χ1n) is 11.5. The molecule has 0 heterocycles. The van der Waals surface area contributed by atoms with Crippen LogP contribution in [-0.4, -0.2) is 19.1 Å². The number of hydrogen-bond acceptors (Lipinski definition) is 2. The van der Waals surface area contributed by atoms with Gasteiger partial charge in [-0.15, -0.1) is 0 Å². The molecule has 3 aromatic rings. The third kappa shape index (κ3) is 7.23. The van der Waals surface area contributed by atoms with Gasteiger partial charge >= 0.3 is 0 Å². The molecule has 0 bridgehead atoms. The van der Waals surface area contributed by atoms with Gasteiger partial charge in [0, 0.05) is 11.9 Å². The molecule has 32 heavy (non-hydrogen) atoms. The Labute approximate surface area is 190 Å². The van der Waals surface area contributed by atoms with Crippen LogP contribution in [-0.2, 0) is 11.2 Å². The van der Waals surface area contributed by atoms with E-state index in [4.69, 9.17) is 4.74 Å². The lowest BCUT2D eigenvalue weighted by Crippen LogP contribution is -2.29. The van der Waals surface area contributed by atoms with E-state index in [1.807, 2.05) is 36.4 Å². The smallest absolute Gasteiger partial charge is 0.250 e. The van der Waals surface area contributed by atoms with E-state index in [1.54, 1.807) is 12.1 Å². The Bertz CT molecular complexity index is 1020. The van der Waals surface area contributed by atoms with Gasteiger partial charge in [0.25, 0.3) is 0 Å². The summed E-state index contributed by atoms with van der Waals surface area (Å²) in [6.07, 6.45) is 8.14. The molecular weight excluding hydrogens is 401 g/mol. The second-order valence-corrected chi connectivity index (χ2v) is 7.98. The summed E-state index contributed by atoms with van der Waals surface area (Å²) >= 11 is 0. The van der Waals surface area contributed by atoms with Gasteiger partial charge in [-0.3, -0.25) is 4.79 Å². The number of nitrogens with one attached hydrogen (secondary N) is 1. The highest BCUT2D eigenvalue weighted by atomic mass is 19.1. The van der Waals surface area contributed by atoms with Crippen molar-refractivity contribution in [3.05, 3.63) is 89.8 Å². The normalized spacial score (nSPS) is 11.5. The number of fused-ring (bicyclic) bond motifs is 1. The number of amides is 1. The molecule has 3 nitrogen and oxygen atoms in total. The Balaban J connectivity index is 1.61. The highest BCUT2D eigenvalue weighted by Crippen LogP contribution is 2.25. The predicted molar refractivity (Wildman–Crippen MR) is 129 cm³/mol. The largest absolute Gasteiger partial charge is 0.488 e. The first-order valence-corrected chi connectivity index (χ1v) is 11.5. The van der Waals surface area contributed by atoms with Crippen molar-refractivity contribution < 1.29 is 13.9 Å². The molecule has 0 aliphatic rings. The second-order valence-electron chi connectivity index (χ2n) is 7.98. The summed E-state index contributed by atoms with van der Waals surface area (Å²) in [5, 5.41) is 5.14. The molecule has 4 heteroatoms. The fourth-order valence-electron chi connectivity index (χ4n) is 3.63. The van der Waals surface area contributed by atoms with Crippen LogP contribution < -0.4 is 10.1 Å². The molecule has 0 saturated carbocycles. The van der Waals surface area contributed by atoms with Crippen molar-refractivity contribution >= 4 is 16.7 Å². The molecule has 0 unspecified atom stereocenters. The molecule has 0 atom stereocenters. The Morgan fingerprint density at radius 3 is 2.56 bits per heavy atom. The zero-order chi connectivity index (χ0) is 22.6. The van der Waals surface area contributed by atoms with Crippen molar-refractivity contribution in [2.75, 3.05) is 13.2 Å². The predicted octanol–water partition coefficient (Wildman–Crippen LogP) is 6.61. The van der Waals surface area contributed by atoms with E-state index < -0.39 is 0 Å². The summed E-state index contributed by atoms with van der Waals surface area (Å²) in [4.78, 5) is 12.9. The van der Waals surface area contributed by atoms with Gasteiger partial charge in [0.15, 0.2) is 0 Å². The fraction of sp³-hybridized carbons (Fsp3) is 0.321. The number of hydrogen-bond donors (Lipinski definition) is 1. The summed E-state index contributed by atoms with van der Waals surface area (Å²) < 4.78 is 19.2. The second kappa shape index (κ2) is 12.7. The van der Waals surface area contributed by atoms with Crippen molar-refractivity contribution in [2.45, 2.75) is 45.4 Å². The van der Waals surface area contributed by atoms with Crippen LogP contribution in [0.1, 0.15) is 44.6 Å². The number of unbranched alkanes of at least 4 members (excludes halogenated alkanes) is 4. The van der Waals surface area contributed by atoms with Crippen molar-refractivity contribution in [3.63, 3.8) is 0 Å². The summed E-state index contributed by atoms with van der Waals surface area (Å²) in [7, 11) is 0. The highest BCUT2D eigenvalue weighted by Gasteiger charge is 2.11. The first-order chi connectivity index (χ1) is 15.7. The summed E-state index contributed by atoms with van der Waals surface area (Å²) in [5.74, 6) is 0.415. The Morgan fingerprint density at radius 1 is 0.969 bits per heavy atom. The minimum Gasteiger partial charge on any atom is -0.488 e. The zero-order valence-corrected chi connectivity index (χ0v) is 18.8. The minimum atomic E-state index is -0.253. The van der Waals surface area contributed by atoms with Gasteiger partial charge < -0.3 is 10.1 Å². The lowest BCUT2D eigenvalue weighted by atomic mass is 10.1. The lowest BCUT2D eigenvalue weighted by molar-refractivity contribution is -0.117. The topological polar surface area (TPSA) is 38.3 Å². The van der Waals surface area contributed by atoms with Crippen LogP contribution in [0.2, 0.25) is 0 Å². The quantitative estimate of drug-likeness (QED) is 0.258. The Kier molecular flexibility index (Phi) is 9.30. The number of carbonyl (C=O) groups is 1. The van der Waals surface area contributed by atoms with E-state index in [0.717, 1.165) is 41.3 Å². The highest BCUT2D eigenvalue weighted by molar-refractivity contribution is 5.94. The molecule has 0 spiro atoms. The van der Waals surface area contributed by atoms with Crippen LogP contribution in [0.15, 0.2) is 78.4 Å². The first kappa shape index (κ1) is 23.5. The molecule has 0 aliphatic heterocycles. The molecule has 0 fully saturated rings. The maximum absolute atomic E-state index is 13.1. The van der Waals surface area contributed by atoms with E-state index in [0.29, 0.717) is 18.5 Å². The van der Waals surface area contributed by atoms with E-state index in [1.165, 1.54) is 25.0 Å². The van der Waals surface area contributed by atoms with E-state index in [9.17, 15) is 9.18 Å². The van der Waals surface area contributed by atoms with Gasteiger partial charge in [-0.25, -0.2) is 4.39 Å². The maximum atomic E-state index is 13.1. The number of halogens is 1. The molecule has 1 N–H and O–H groups in total. The third-order valence-corrected chi connectivity index (χ3v) is 5.49. The van der Waals surface area contributed by atoms with Crippen LogP contribution in [0.25, 0.3) is 10.8 Å². The van der Waals surface area contributed by atoms with E-state index in [-0.39, 0.29) is 18.3 Å². The number of carbonyl (C=O) groups excluding carboxylic acids is 1. The number of rotatable bonds is 12. The van der Waals surface area contributed by atoms with Crippen LogP contribution in [0, 0.1) is 5.82 Å². The fourth-order valence-corrected chi connectivity index (χ4v) is 3.63. The zero-order valence-electron chi connectivity index (χ0n) is 18.8. The summed E-state index contributed by atoms with van der Waals surface area (Å²) in [6.45, 7) is 2.91. The SMILES string of the molecule is CCCCCC/C=C(\COc1cccc2ccccc12)C(=O)NCCc1ccc(F)cc1. The van der Waals surface area contributed by atoms with Crippen molar-refractivity contribution in [1.29, 1.82) is 0 Å². The molecule has 0 aromatic heterocycles. The standard InChI is InChI=1S/C28H32FNO2/c1-2-3-4-5-6-11-24(28(31)30-20-19-22-15-17-25(29)18-16-22)21-32-27-14-9-12-23-10-7-8-13-26(23)27/h7-18H,2-6,19-21H2,1H3,(H,30,31)/b24-11+. The Hall–Kier alpha value is -3.14. The molecule has 1 amide bonds. The van der Waals surface area contributed by atoms with Gasteiger partial charge in [-0.05, 0) is 48.4 Å². The molecule has 0 radical (unpaired) electrons. The van der Waals surface area contributed by atoms with Crippen molar-refractivity contribution in [2.24, 2.45) is 0 Å². The maximum Gasteiger partial charge on any atom is 0.250 e. The molecule has 168 valence electrons. The molecular formula is C28H32FNO2. The Morgan fingerprint density at radius 2 is 1.75 bits per heavy atom. The van der Waals surface area contributed by atoms with Gasteiger partial charge in [-0.1, -0.05) is 80.8 Å². The van der Waals surface area contributed by atoms with Gasteiger partial charge in [0.1, 0.15) is 18.2 Å². The van der Waals surface area contributed by atoms with Gasteiger partial charge in [0.2, 0.25) is 5.91 Å². The molecule has 3 aromatic carbocycles. The summed E-state index contributed by atoms with van der Waals surface area (Å²) in [6, 6.07) is 20.4.